The van der Waals surface area contributed by atoms with Gasteiger partial charge in [0.25, 0.3) is 0 Å². The molecular weight excluding hydrogens is 305 g/mol. The number of rotatable bonds is 3. The molecule has 0 spiro atoms. The van der Waals surface area contributed by atoms with Crippen LogP contribution in [-0.2, 0) is 0 Å². The van der Waals surface area contributed by atoms with Crippen LogP contribution in [0.15, 0.2) is 24.3 Å². The molecule has 1 heterocycles. The zero-order valence-corrected chi connectivity index (χ0v) is 12.4. The van der Waals surface area contributed by atoms with Crippen molar-refractivity contribution in [3.63, 3.8) is 0 Å². The van der Waals surface area contributed by atoms with Crippen LogP contribution in [0.4, 0.5) is 14.5 Å². The summed E-state index contributed by atoms with van der Waals surface area (Å²) in [5.41, 5.74) is 1.54. The molecule has 0 radical (unpaired) electrons. The molecule has 0 saturated heterocycles. The molecule has 2 aromatic rings. The molecule has 1 aromatic heterocycles. The Morgan fingerprint density at radius 2 is 1.95 bits per heavy atom. The van der Waals surface area contributed by atoms with Gasteiger partial charge >= 0.3 is 0 Å². The normalized spacial score (nSPS) is 12.3. The van der Waals surface area contributed by atoms with Gasteiger partial charge in [-0.1, -0.05) is 35.3 Å². The number of halogens is 4. The summed E-state index contributed by atoms with van der Waals surface area (Å²) < 4.78 is 27.0. The van der Waals surface area contributed by atoms with E-state index < -0.39 is 17.7 Å². The number of aryl methyl sites for hydroxylation is 1. The maximum atomic E-state index is 13.7. The van der Waals surface area contributed by atoms with E-state index in [1.165, 1.54) is 12.1 Å². The first-order chi connectivity index (χ1) is 9.40. The van der Waals surface area contributed by atoms with E-state index in [-0.39, 0.29) is 15.9 Å². The van der Waals surface area contributed by atoms with Gasteiger partial charge in [-0.15, -0.1) is 0 Å². The Hall–Kier alpha value is -1.39. The third-order valence-corrected chi connectivity index (χ3v) is 3.42. The summed E-state index contributed by atoms with van der Waals surface area (Å²) in [4.78, 5) is 3.92. The number of nitrogens with one attached hydrogen (secondary N) is 1. The highest BCUT2D eigenvalue weighted by Gasteiger charge is 2.16. The van der Waals surface area contributed by atoms with E-state index in [9.17, 15) is 8.78 Å². The first-order valence-corrected chi connectivity index (χ1v) is 6.69. The van der Waals surface area contributed by atoms with Crippen molar-refractivity contribution in [3.8, 4) is 0 Å². The van der Waals surface area contributed by atoms with Gasteiger partial charge in [-0.3, -0.25) is 0 Å². The first kappa shape index (κ1) is 15.0. The molecule has 106 valence electrons. The van der Waals surface area contributed by atoms with Crippen molar-refractivity contribution in [1.29, 1.82) is 0 Å². The zero-order valence-electron chi connectivity index (χ0n) is 10.8. The van der Waals surface area contributed by atoms with Gasteiger partial charge in [0.1, 0.15) is 5.15 Å². The van der Waals surface area contributed by atoms with Crippen LogP contribution in [0.2, 0.25) is 10.3 Å². The van der Waals surface area contributed by atoms with Gasteiger partial charge < -0.3 is 5.32 Å². The lowest BCUT2D eigenvalue weighted by Crippen LogP contribution is -2.11. The fraction of sp³-hybridized carbons (Fsp3) is 0.214. The lowest BCUT2D eigenvalue weighted by molar-refractivity contribution is 0.494. The van der Waals surface area contributed by atoms with E-state index in [1.807, 2.05) is 0 Å². The van der Waals surface area contributed by atoms with Crippen molar-refractivity contribution in [2.24, 2.45) is 0 Å². The molecule has 0 saturated carbocycles. The number of hydrogen-bond acceptors (Lipinski definition) is 2. The second-order valence-electron chi connectivity index (χ2n) is 4.44. The van der Waals surface area contributed by atoms with Crippen LogP contribution < -0.4 is 5.32 Å². The van der Waals surface area contributed by atoms with Crippen LogP contribution in [0.1, 0.15) is 24.1 Å². The minimum Gasteiger partial charge on any atom is -0.376 e. The average Bonchev–Trinajstić information content (AvgIpc) is 2.36. The number of aromatic nitrogens is 1. The summed E-state index contributed by atoms with van der Waals surface area (Å²) in [6.45, 7) is 3.51. The van der Waals surface area contributed by atoms with E-state index in [0.29, 0.717) is 5.69 Å². The molecule has 0 bridgehead atoms. The molecule has 0 amide bonds. The molecule has 0 aliphatic carbocycles. The van der Waals surface area contributed by atoms with E-state index in [0.717, 1.165) is 11.6 Å². The maximum Gasteiger partial charge on any atom is 0.164 e. The van der Waals surface area contributed by atoms with Crippen molar-refractivity contribution in [2.75, 3.05) is 5.32 Å². The molecule has 2 rings (SSSR count). The van der Waals surface area contributed by atoms with Gasteiger partial charge in [0.2, 0.25) is 0 Å². The maximum absolute atomic E-state index is 13.7. The SMILES string of the molecule is Cc1cc(Cl)nc(Cl)c1NC(C)c1cccc(F)c1F. The Kier molecular flexibility index (Phi) is 4.45. The smallest absolute Gasteiger partial charge is 0.164 e. The minimum absolute atomic E-state index is 0.193. The molecule has 1 aromatic carbocycles. The third kappa shape index (κ3) is 3.02. The second-order valence-corrected chi connectivity index (χ2v) is 5.18. The van der Waals surface area contributed by atoms with Gasteiger partial charge in [0, 0.05) is 5.56 Å². The highest BCUT2D eigenvalue weighted by molar-refractivity contribution is 6.34. The minimum atomic E-state index is -0.881. The molecule has 0 fully saturated rings. The fourth-order valence-corrected chi connectivity index (χ4v) is 2.50. The predicted molar refractivity (Wildman–Crippen MR) is 77.4 cm³/mol. The number of hydrogen-bond donors (Lipinski definition) is 1. The van der Waals surface area contributed by atoms with Crippen molar-refractivity contribution in [2.45, 2.75) is 19.9 Å². The molecule has 1 atom stereocenters. The molecule has 20 heavy (non-hydrogen) atoms. The van der Waals surface area contributed by atoms with E-state index in [2.05, 4.69) is 10.3 Å². The molecular formula is C14H12Cl2F2N2. The largest absolute Gasteiger partial charge is 0.376 e. The lowest BCUT2D eigenvalue weighted by atomic mass is 10.1. The van der Waals surface area contributed by atoms with E-state index in [1.54, 1.807) is 19.9 Å². The quantitative estimate of drug-likeness (QED) is 0.792. The molecule has 1 N–H and O–H groups in total. The van der Waals surface area contributed by atoms with Crippen molar-refractivity contribution < 1.29 is 8.78 Å². The predicted octanol–water partition coefficient (Wildman–Crippen LogP) is 5.15. The molecule has 6 heteroatoms. The summed E-state index contributed by atoms with van der Waals surface area (Å²) >= 11 is 11.8. The number of anilines is 1. The molecule has 2 nitrogen and oxygen atoms in total. The Labute approximate surface area is 125 Å². The summed E-state index contributed by atoms with van der Waals surface area (Å²) in [7, 11) is 0. The number of pyridine rings is 1. The average molecular weight is 317 g/mol. The fourth-order valence-electron chi connectivity index (χ4n) is 1.92. The third-order valence-electron chi connectivity index (χ3n) is 2.95. The van der Waals surface area contributed by atoms with E-state index >= 15 is 0 Å². The lowest BCUT2D eigenvalue weighted by Gasteiger charge is -2.19. The van der Waals surface area contributed by atoms with Crippen molar-refractivity contribution >= 4 is 28.9 Å². The van der Waals surface area contributed by atoms with Crippen LogP contribution in [0.5, 0.6) is 0 Å². The van der Waals surface area contributed by atoms with Crippen LogP contribution >= 0.6 is 23.2 Å². The van der Waals surface area contributed by atoms with Crippen molar-refractivity contribution in [3.05, 3.63) is 57.3 Å². The zero-order chi connectivity index (χ0) is 14.9. The monoisotopic (exact) mass is 316 g/mol. The highest BCUT2D eigenvalue weighted by Crippen LogP contribution is 2.30. The van der Waals surface area contributed by atoms with Gasteiger partial charge in [-0.25, -0.2) is 13.8 Å². The summed E-state index contributed by atoms with van der Waals surface area (Å²) in [6.07, 6.45) is 0. The van der Waals surface area contributed by atoms with Crippen LogP contribution in [-0.4, -0.2) is 4.98 Å². The van der Waals surface area contributed by atoms with E-state index in [4.69, 9.17) is 23.2 Å². The Bertz CT molecular complexity index is 624. The summed E-state index contributed by atoms with van der Waals surface area (Å²) in [6, 6.07) is 5.23. The van der Waals surface area contributed by atoms with Gasteiger partial charge in [-0.2, -0.15) is 0 Å². The van der Waals surface area contributed by atoms with Crippen LogP contribution in [0.3, 0.4) is 0 Å². The topological polar surface area (TPSA) is 24.9 Å². The number of nitrogens with zero attached hydrogens (tertiary/aromatic N) is 1. The highest BCUT2D eigenvalue weighted by atomic mass is 35.5. The first-order valence-electron chi connectivity index (χ1n) is 5.93. The second kappa shape index (κ2) is 5.94. The molecule has 0 aliphatic heterocycles. The Balaban J connectivity index is 2.33. The molecule has 0 aliphatic rings. The van der Waals surface area contributed by atoms with Gasteiger partial charge in [-0.05, 0) is 31.5 Å². The van der Waals surface area contributed by atoms with Crippen LogP contribution in [0.25, 0.3) is 0 Å². The summed E-state index contributed by atoms with van der Waals surface area (Å²) in [5.74, 6) is -1.75. The van der Waals surface area contributed by atoms with Gasteiger partial charge in [0.05, 0.1) is 11.7 Å². The Morgan fingerprint density at radius 1 is 1.25 bits per heavy atom. The summed E-state index contributed by atoms with van der Waals surface area (Å²) in [5, 5.41) is 3.50. The molecule has 1 unspecified atom stereocenters. The standard InChI is InChI=1S/C14H12Cl2F2N2/c1-7-6-11(15)20-14(16)13(7)19-8(2)9-4-3-5-10(17)12(9)18/h3-6,8,19H,1-2H3. The van der Waals surface area contributed by atoms with Crippen LogP contribution in [0, 0.1) is 18.6 Å². The van der Waals surface area contributed by atoms with Crippen molar-refractivity contribution in [1.82, 2.24) is 4.98 Å². The Morgan fingerprint density at radius 3 is 2.60 bits per heavy atom. The van der Waals surface area contributed by atoms with Gasteiger partial charge in [0.15, 0.2) is 16.8 Å². The number of benzene rings is 1.